The van der Waals surface area contributed by atoms with Crippen LogP contribution in [0.1, 0.15) is 0 Å². The van der Waals surface area contributed by atoms with Gasteiger partial charge in [-0.15, -0.1) is 0 Å². The second-order valence-corrected chi connectivity index (χ2v) is 10.1. The third-order valence-electron chi connectivity index (χ3n) is 6.98. The predicted octanol–water partition coefficient (Wildman–Crippen LogP) is 6.11. The Morgan fingerprint density at radius 1 is 0.265 bits per heavy atom. The van der Waals surface area contributed by atoms with Crippen molar-refractivity contribution in [3.05, 3.63) is 148 Å². The molecule has 0 aliphatic heterocycles. The van der Waals surface area contributed by atoms with Gasteiger partial charge in [-0.3, -0.25) is 49.8 Å². The van der Waals surface area contributed by atoms with Crippen molar-refractivity contribution in [3.63, 3.8) is 0 Å². The van der Waals surface area contributed by atoms with Gasteiger partial charge >= 0.3 is 0 Å². The summed E-state index contributed by atoms with van der Waals surface area (Å²) in [5, 5.41) is 0. The summed E-state index contributed by atoms with van der Waals surface area (Å²) in [6.45, 7) is 0. The van der Waals surface area contributed by atoms with Crippen molar-refractivity contribution in [2.45, 2.75) is 0 Å². The monoisotopic (exact) mass is 680 g/mol. The Morgan fingerprint density at radius 2 is 0.551 bits per heavy atom. The Labute approximate surface area is 291 Å². The Kier molecular flexibility index (Phi) is 10.5. The van der Waals surface area contributed by atoms with Crippen LogP contribution in [0.3, 0.4) is 0 Å². The molecule has 0 amide bonds. The molecule has 8 heterocycles. The summed E-state index contributed by atoms with van der Waals surface area (Å²) >= 11 is 0. The molecule has 12 nitrogen and oxygen atoms in total. The number of nitrogens with zero attached hydrogens (tertiary/aromatic N) is 12. The molecule has 13 heteroatoms. The molecule has 0 atom stereocenters. The molecule has 8 aromatic heterocycles. The molecule has 0 radical (unpaired) electrons. The van der Waals surface area contributed by atoms with Crippen molar-refractivity contribution < 1.29 is 17.1 Å². The number of hydrogen-bond donors (Lipinski definition) is 0. The van der Waals surface area contributed by atoms with Gasteiger partial charge < -0.3 is 0 Å². The van der Waals surface area contributed by atoms with Crippen LogP contribution < -0.4 is 0 Å². The molecule has 0 aliphatic rings. The molecule has 0 bridgehead atoms. The van der Waals surface area contributed by atoms with Gasteiger partial charge in [0, 0.05) is 91.4 Å². The smallest absolute Gasteiger partial charge is 0.107 e. The van der Waals surface area contributed by atoms with E-state index in [0.717, 1.165) is 45.0 Å². The van der Waals surface area contributed by atoms with Gasteiger partial charge in [0.25, 0.3) is 0 Å². The van der Waals surface area contributed by atoms with Gasteiger partial charge in [0.2, 0.25) is 0 Å². The third kappa shape index (κ3) is 8.06. The average Bonchev–Trinajstić information content (AvgIpc) is 3.20. The van der Waals surface area contributed by atoms with Gasteiger partial charge in [0.15, 0.2) is 0 Å². The van der Waals surface area contributed by atoms with Crippen molar-refractivity contribution >= 4 is 0 Å². The summed E-state index contributed by atoms with van der Waals surface area (Å²) in [5.41, 5.74) is 9.87. The Balaban J connectivity index is 0.000000167. The van der Waals surface area contributed by atoms with Crippen LogP contribution >= 0.6 is 0 Å². The van der Waals surface area contributed by atoms with Gasteiger partial charge in [-0.2, -0.15) is 0 Å². The molecule has 236 valence electrons. The van der Waals surface area contributed by atoms with Crippen molar-refractivity contribution in [2.24, 2.45) is 0 Å². The van der Waals surface area contributed by atoms with Gasteiger partial charge in [0.1, 0.15) is 22.8 Å². The molecule has 0 saturated carbocycles. The molecular formula is C36H24FeN12. The number of rotatable bonds is 6. The Hall–Kier alpha value is -6.56. The van der Waals surface area contributed by atoms with Gasteiger partial charge in [-0.05, 0) is 70.8 Å². The van der Waals surface area contributed by atoms with Crippen LogP contribution in [-0.4, -0.2) is 59.8 Å². The third-order valence-corrected chi connectivity index (χ3v) is 6.98. The number of aromatic nitrogens is 12. The maximum Gasteiger partial charge on any atom is 0.107 e. The zero-order valence-corrected chi connectivity index (χ0v) is 26.7. The van der Waals surface area contributed by atoms with E-state index in [1.165, 1.54) is 0 Å². The van der Waals surface area contributed by atoms with Crippen molar-refractivity contribution in [3.8, 4) is 67.8 Å². The van der Waals surface area contributed by atoms with E-state index in [2.05, 4.69) is 59.8 Å². The molecule has 8 aromatic rings. The summed E-state index contributed by atoms with van der Waals surface area (Å²) in [7, 11) is 0. The fourth-order valence-electron chi connectivity index (χ4n) is 4.73. The van der Waals surface area contributed by atoms with E-state index >= 15 is 0 Å². The van der Waals surface area contributed by atoms with Gasteiger partial charge in [0.05, 0.1) is 47.6 Å². The zero-order chi connectivity index (χ0) is 32.4. The molecule has 0 N–H and O–H groups in total. The van der Waals surface area contributed by atoms with Crippen molar-refractivity contribution in [1.29, 1.82) is 0 Å². The Bertz CT molecular complexity index is 1780. The van der Waals surface area contributed by atoms with Crippen LogP contribution in [-0.2, 0) is 17.1 Å². The molecule has 0 fully saturated rings. The minimum atomic E-state index is 0. The Morgan fingerprint density at radius 3 is 0.796 bits per heavy atom. The van der Waals surface area contributed by atoms with Gasteiger partial charge in [-0.25, -0.2) is 9.97 Å². The molecular weight excluding hydrogens is 656 g/mol. The fourth-order valence-corrected chi connectivity index (χ4v) is 4.73. The van der Waals surface area contributed by atoms with Crippen molar-refractivity contribution in [1.82, 2.24) is 59.8 Å². The molecule has 0 saturated heterocycles. The largest absolute Gasteiger partial charge is 0.265 e. The van der Waals surface area contributed by atoms with E-state index in [0.29, 0.717) is 22.8 Å². The zero-order valence-electron chi connectivity index (χ0n) is 25.6. The minimum Gasteiger partial charge on any atom is -0.265 e. The van der Waals surface area contributed by atoms with E-state index in [4.69, 9.17) is 0 Å². The summed E-state index contributed by atoms with van der Waals surface area (Å²) in [5.74, 6) is 0. The predicted molar refractivity (Wildman–Crippen MR) is 179 cm³/mol. The van der Waals surface area contributed by atoms with Crippen LogP contribution in [0.5, 0.6) is 0 Å². The maximum absolute atomic E-state index is 4.68. The first kappa shape index (κ1) is 32.4. The van der Waals surface area contributed by atoms with Crippen LogP contribution in [0.4, 0.5) is 0 Å². The second-order valence-electron chi connectivity index (χ2n) is 10.1. The van der Waals surface area contributed by atoms with E-state index in [1.54, 1.807) is 99.1 Å². The molecule has 49 heavy (non-hydrogen) atoms. The van der Waals surface area contributed by atoms with E-state index in [1.807, 2.05) is 48.5 Å². The maximum atomic E-state index is 4.68. The quantitative estimate of drug-likeness (QED) is 0.186. The molecule has 8 rings (SSSR count). The van der Waals surface area contributed by atoms with E-state index in [9.17, 15) is 0 Å². The van der Waals surface area contributed by atoms with Gasteiger partial charge in [-0.1, -0.05) is 0 Å². The van der Waals surface area contributed by atoms with Crippen molar-refractivity contribution in [2.75, 3.05) is 0 Å². The first-order valence-corrected chi connectivity index (χ1v) is 14.7. The summed E-state index contributed by atoms with van der Waals surface area (Å²) in [6, 6.07) is 15.8. The topological polar surface area (TPSA) is 155 Å². The molecule has 0 spiro atoms. The molecule has 0 aromatic carbocycles. The van der Waals surface area contributed by atoms with E-state index in [-0.39, 0.29) is 17.1 Å². The number of pyridine rings is 4. The SMILES string of the molecule is [Fe].c1cc(-c2cc(-c3cnccn3)nc(-c3cnccn3)c2)ccn1.c1cc(-c2cc(-c3cnccn3)nc(-c3cnccn3)c2)ccn1. The molecule has 0 unspecified atom stereocenters. The normalized spacial score (nSPS) is 10.3. The number of hydrogen-bond acceptors (Lipinski definition) is 12. The summed E-state index contributed by atoms with van der Waals surface area (Å²) in [6.07, 6.45) is 27.0. The van der Waals surface area contributed by atoms with Crippen LogP contribution in [0.2, 0.25) is 0 Å². The fraction of sp³-hybridized carbons (Fsp3) is 0. The molecule has 0 aliphatic carbocycles. The summed E-state index contributed by atoms with van der Waals surface area (Å²) in [4.78, 5) is 51.4. The van der Waals surface area contributed by atoms with Crippen LogP contribution in [0, 0.1) is 0 Å². The average molecular weight is 681 g/mol. The first-order valence-electron chi connectivity index (χ1n) is 14.7. The minimum absolute atomic E-state index is 0. The standard InChI is InChI=1S/2C18H12N6.Fe/c2*1-3-19-4-2-13(1)14-9-15(17-11-20-5-7-22-17)24-16(10-14)18-12-21-6-8-23-18;/h2*1-12H;. The first-order chi connectivity index (χ1) is 23.8. The second kappa shape index (κ2) is 15.8. The van der Waals surface area contributed by atoms with Crippen LogP contribution in [0.15, 0.2) is 148 Å². The summed E-state index contributed by atoms with van der Waals surface area (Å²) < 4.78 is 0. The van der Waals surface area contributed by atoms with E-state index < -0.39 is 0 Å². The van der Waals surface area contributed by atoms with Crippen LogP contribution in [0.25, 0.3) is 67.8 Å².